The Morgan fingerprint density at radius 1 is 1.25 bits per heavy atom. The van der Waals surface area contributed by atoms with Gasteiger partial charge in [-0.3, -0.25) is 0 Å². The molecule has 0 radical (unpaired) electrons. The molecule has 1 aromatic rings. The monoisotopic (exact) mass is 243 g/mol. The lowest BCUT2D eigenvalue weighted by Gasteiger charge is -2.10. The average Bonchev–Trinajstić information content (AvgIpc) is 2.29. The van der Waals surface area contributed by atoms with E-state index in [1.54, 1.807) is 6.07 Å². The largest absolute Gasteiger partial charge is 0.491 e. The van der Waals surface area contributed by atoms with Crippen LogP contribution in [0.4, 0.5) is 0 Å². The highest BCUT2D eigenvalue weighted by Crippen LogP contribution is 2.22. The second-order valence-corrected chi connectivity index (χ2v) is 3.85. The predicted molar refractivity (Wildman–Crippen MR) is 65.9 cm³/mol. The zero-order valence-electron chi connectivity index (χ0n) is 9.54. The maximum Gasteiger partial charge on any atom is 0.125 e. The SMILES string of the molecule is CCCOCCOc1cc(Cl)ccc1CN. The highest BCUT2D eigenvalue weighted by molar-refractivity contribution is 6.30. The van der Waals surface area contributed by atoms with Gasteiger partial charge in [-0.25, -0.2) is 0 Å². The first-order valence-electron chi connectivity index (χ1n) is 5.47. The minimum atomic E-state index is 0.447. The summed E-state index contributed by atoms with van der Waals surface area (Å²) < 4.78 is 10.9. The fourth-order valence-electron chi connectivity index (χ4n) is 1.29. The number of nitrogens with two attached hydrogens (primary N) is 1. The quantitative estimate of drug-likeness (QED) is 0.749. The second kappa shape index (κ2) is 7.49. The molecule has 0 amide bonds. The summed E-state index contributed by atoms with van der Waals surface area (Å²) in [6.45, 7) is 4.40. The van der Waals surface area contributed by atoms with Crippen LogP contribution in [0.3, 0.4) is 0 Å². The van der Waals surface area contributed by atoms with E-state index in [0.717, 1.165) is 24.3 Å². The lowest BCUT2D eigenvalue weighted by Crippen LogP contribution is -2.09. The Morgan fingerprint density at radius 3 is 2.75 bits per heavy atom. The maximum absolute atomic E-state index is 5.88. The van der Waals surface area contributed by atoms with Crippen molar-refractivity contribution in [2.24, 2.45) is 5.73 Å². The molecule has 0 atom stereocenters. The zero-order chi connectivity index (χ0) is 11.8. The summed E-state index contributed by atoms with van der Waals surface area (Å²) in [5.74, 6) is 0.745. The first-order chi connectivity index (χ1) is 7.77. The first kappa shape index (κ1) is 13.3. The molecule has 0 aliphatic heterocycles. The molecule has 2 N–H and O–H groups in total. The van der Waals surface area contributed by atoms with Crippen LogP contribution in [0.1, 0.15) is 18.9 Å². The van der Waals surface area contributed by atoms with Crippen molar-refractivity contribution in [1.29, 1.82) is 0 Å². The van der Waals surface area contributed by atoms with Crippen molar-refractivity contribution in [3.05, 3.63) is 28.8 Å². The van der Waals surface area contributed by atoms with Gasteiger partial charge in [-0.2, -0.15) is 0 Å². The van der Waals surface area contributed by atoms with E-state index >= 15 is 0 Å². The highest BCUT2D eigenvalue weighted by Gasteiger charge is 2.02. The van der Waals surface area contributed by atoms with Gasteiger partial charge in [0, 0.05) is 23.7 Å². The molecule has 16 heavy (non-hydrogen) atoms. The number of benzene rings is 1. The standard InChI is InChI=1S/C12H18ClNO2/c1-2-5-15-6-7-16-12-8-11(13)4-3-10(12)9-14/h3-4,8H,2,5-7,9,14H2,1H3. The van der Waals surface area contributed by atoms with Gasteiger partial charge in [-0.1, -0.05) is 24.6 Å². The lowest BCUT2D eigenvalue weighted by atomic mass is 10.2. The van der Waals surface area contributed by atoms with Crippen molar-refractivity contribution in [3.63, 3.8) is 0 Å². The van der Waals surface area contributed by atoms with Gasteiger partial charge in [0.05, 0.1) is 6.61 Å². The Kier molecular flexibility index (Phi) is 6.23. The average molecular weight is 244 g/mol. The molecule has 3 nitrogen and oxygen atoms in total. The van der Waals surface area contributed by atoms with Gasteiger partial charge in [-0.05, 0) is 18.6 Å². The summed E-state index contributed by atoms with van der Waals surface area (Å²) in [7, 11) is 0. The molecule has 90 valence electrons. The van der Waals surface area contributed by atoms with Gasteiger partial charge in [0.15, 0.2) is 0 Å². The van der Waals surface area contributed by atoms with Gasteiger partial charge < -0.3 is 15.2 Å². The Balaban J connectivity index is 2.42. The van der Waals surface area contributed by atoms with Gasteiger partial charge in [0.1, 0.15) is 12.4 Å². The van der Waals surface area contributed by atoms with E-state index in [4.69, 9.17) is 26.8 Å². The van der Waals surface area contributed by atoms with Crippen molar-refractivity contribution < 1.29 is 9.47 Å². The Hall–Kier alpha value is -0.770. The summed E-state index contributed by atoms with van der Waals surface area (Å²) in [6, 6.07) is 5.47. The molecule has 0 aliphatic rings. The third kappa shape index (κ3) is 4.39. The minimum absolute atomic E-state index is 0.447. The summed E-state index contributed by atoms with van der Waals surface area (Å²) in [6.07, 6.45) is 1.02. The molecule has 0 bridgehead atoms. The zero-order valence-corrected chi connectivity index (χ0v) is 10.3. The van der Waals surface area contributed by atoms with Crippen LogP contribution in [0.2, 0.25) is 5.02 Å². The fraction of sp³-hybridized carbons (Fsp3) is 0.500. The van der Waals surface area contributed by atoms with E-state index in [-0.39, 0.29) is 0 Å². The van der Waals surface area contributed by atoms with Crippen LogP contribution in [0.25, 0.3) is 0 Å². The van der Waals surface area contributed by atoms with Gasteiger partial charge >= 0.3 is 0 Å². The number of rotatable bonds is 7. The molecule has 0 heterocycles. The third-order valence-corrected chi connectivity index (χ3v) is 2.32. The van der Waals surface area contributed by atoms with Crippen molar-refractivity contribution in [3.8, 4) is 5.75 Å². The maximum atomic E-state index is 5.88. The Morgan fingerprint density at radius 2 is 2.06 bits per heavy atom. The summed E-state index contributed by atoms with van der Waals surface area (Å²) in [5, 5.41) is 0.654. The topological polar surface area (TPSA) is 44.5 Å². The molecule has 0 aliphatic carbocycles. The molecule has 0 saturated heterocycles. The molecule has 0 spiro atoms. The predicted octanol–water partition coefficient (Wildman–Crippen LogP) is 2.60. The van der Waals surface area contributed by atoms with Crippen molar-refractivity contribution >= 4 is 11.6 Å². The van der Waals surface area contributed by atoms with Crippen LogP contribution in [-0.4, -0.2) is 19.8 Å². The van der Waals surface area contributed by atoms with Crippen molar-refractivity contribution in [1.82, 2.24) is 0 Å². The van der Waals surface area contributed by atoms with Crippen molar-refractivity contribution in [2.75, 3.05) is 19.8 Å². The van der Waals surface area contributed by atoms with E-state index in [1.807, 2.05) is 12.1 Å². The first-order valence-corrected chi connectivity index (χ1v) is 5.84. The summed E-state index contributed by atoms with van der Waals surface area (Å²) in [5.41, 5.74) is 6.56. The van der Waals surface area contributed by atoms with E-state index < -0.39 is 0 Å². The number of hydrogen-bond acceptors (Lipinski definition) is 3. The van der Waals surface area contributed by atoms with E-state index in [2.05, 4.69) is 6.92 Å². The molecule has 0 unspecified atom stereocenters. The molecule has 0 fully saturated rings. The molecular weight excluding hydrogens is 226 g/mol. The summed E-state index contributed by atoms with van der Waals surface area (Å²) >= 11 is 5.88. The van der Waals surface area contributed by atoms with E-state index in [9.17, 15) is 0 Å². The van der Waals surface area contributed by atoms with Gasteiger partial charge in [-0.15, -0.1) is 0 Å². The van der Waals surface area contributed by atoms with E-state index in [0.29, 0.717) is 24.8 Å². The van der Waals surface area contributed by atoms with Crippen molar-refractivity contribution in [2.45, 2.75) is 19.9 Å². The Labute approximate surface area is 101 Å². The van der Waals surface area contributed by atoms with Crippen LogP contribution >= 0.6 is 11.6 Å². The van der Waals surface area contributed by atoms with Gasteiger partial charge in [0.25, 0.3) is 0 Å². The van der Waals surface area contributed by atoms with Crippen LogP contribution in [0, 0.1) is 0 Å². The van der Waals surface area contributed by atoms with Gasteiger partial charge in [0.2, 0.25) is 0 Å². The molecule has 1 rings (SSSR count). The fourth-order valence-corrected chi connectivity index (χ4v) is 1.45. The molecule has 0 saturated carbocycles. The highest BCUT2D eigenvalue weighted by atomic mass is 35.5. The smallest absolute Gasteiger partial charge is 0.125 e. The molecule has 0 aromatic heterocycles. The second-order valence-electron chi connectivity index (χ2n) is 3.42. The van der Waals surface area contributed by atoms with Crippen LogP contribution in [-0.2, 0) is 11.3 Å². The number of hydrogen-bond donors (Lipinski definition) is 1. The number of ether oxygens (including phenoxy) is 2. The Bertz CT molecular complexity index is 318. The molecule has 4 heteroatoms. The molecular formula is C12H18ClNO2. The summed E-state index contributed by atoms with van der Waals surface area (Å²) in [4.78, 5) is 0. The van der Waals surface area contributed by atoms with E-state index in [1.165, 1.54) is 0 Å². The third-order valence-electron chi connectivity index (χ3n) is 2.08. The molecule has 1 aromatic carbocycles. The normalized spacial score (nSPS) is 10.4. The van der Waals surface area contributed by atoms with Crippen LogP contribution in [0.15, 0.2) is 18.2 Å². The minimum Gasteiger partial charge on any atom is -0.491 e. The van der Waals surface area contributed by atoms with Crippen LogP contribution < -0.4 is 10.5 Å². The van der Waals surface area contributed by atoms with Crippen LogP contribution in [0.5, 0.6) is 5.75 Å². The number of halogens is 1. The lowest BCUT2D eigenvalue weighted by molar-refractivity contribution is 0.100.